The summed E-state index contributed by atoms with van der Waals surface area (Å²) in [7, 11) is 1.54. The number of carbonyl (C=O) groups is 1. The SMILES string of the molecule is CCOCCC(O)(COC(C)=O)C(CC)OC. The van der Waals surface area contributed by atoms with Crippen LogP contribution in [0.15, 0.2) is 0 Å². The first-order valence-electron chi connectivity index (χ1n) is 5.96. The number of aliphatic hydroxyl groups is 1. The normalized spacial score (nSPS) is 16.3. The van der Waals surface area contributed by atoms with Gasteiger partial charge in [0.05, 0.1) is 6.10 Å². The fraction of sp³-hybridized carbons (Fsp3) is 0.917. The molecule has 0 aromatic carbocycles. The van der Waals surface area contributed by atoms with Gasteiger partial charge >= 0.3 is 5.97 Å². The zero-order valence-corrected chi connectivity index (χ0v) is 11.2. The molecule has 0 aromatic heterocycles. The molecular formula is C12H24O5. The van der Waals surface area contributed by atoms with Crippen LogP contribution < -0.4 is 0 Å². The molecule has 5 nitrogen and oxygen atoms in total. The molecule has 0 aliphatic carbocycles. The molecule has 0 saturated heterocycles. The molecule has 0 amide bonds. The number of methoxy groups -OCH3 is 1. The van der Waals surface area contributed by atoms with Crippen molar-refractivity contribution in [2.75, 3.05) is 26.9 Å². The first-order chi connectivity index (χ1) is 8.00. The first-order valence-corrected chi connectivity index (χ1v) is 5.96. The van der Waals surface area contributed by atoms with Crippen LogP contribution in [0.2, 0.25) is 0 Å². The van der Waals surface area contributed by atoms with Crippen molar-refractivity contribution in [2.45, 2.75) is 45.3 Å². The lowest BCUT2D eigenvalue weighted by Crippen LogP contribution is -2.48. The third kappa shape index (κ3) is 6.00. The lowest BCUT2D eigenvalue weighted by atomic mass is 9.92. The number of carbonyl (C=O) groups excluding carboxylic acids is 1. The topological polar surface area (TPSA) is 65.0 Å². The third-order valence-electron chi connectivity index (χ3n) is 2.66. The Morgan fingerprint density at radius 3 is 2.47 bits per heavy atom. The quantitative estimate of drug-likeness (QED) is 0.489. The molecule has 0 bridgehead atoms. The van der Waals surface area contributed by atoms with Gasteiger partial charge in [0.15, 0.2) is 0 Å². The summed E-state index contributed by atoms with van der Waals surface area (Å²) < 4.78 is 15.3. The van der Waals surface area contributed by atoms with Gasteiger partial charge in [0.1, 0.15) is 12.2 Å². The summed E-state index contributed by atoms with van der Waals surface area (Å²) in [4.78, 5) is 10.8. The summed E-state index contributed by atoms with van der Waals surface area (Å²) in [6.07, 6.45) is 0.642. The van der Waals surface area contributed by atoms with Crippen molar-refractivity contribution in [1.82, 2.24) is 0 Å². The number of hydrogen-bond acceptors (Lipinski definition) is 5. The van der Waals surface area contributed by atoms with Gasteiger partial charge < -0.3 is 19.3 Å². The van der Waals surface area contributed by atoms with E-state index in [-0.39, 0.29) is 12.7 Å². The van der Waals surface area contributed by atoms with Gasteiger partial charge in [0, 0.05) is 33.7 Å². The molecule has 0 radical (unpaired) electrons. The summed E-state index contributed by atoms with van der Waals surface area (Å²) in [6.45, 7) is 6.05. The van der Waals surface area contributed by atoms with Crippen molar-refractivity contribution in [3.05, 3.63) is 0 Å². The maximum Gasteiger partial charge on any atom is 0.302 e. The molecule has 17 heavy (non-hydrogen) atoms. The van der Waals surface area contributed by atoms with Crippen molar-refractivity contribution in [2.24, 2.45) is 0 Å². The van der Waals surface area contributed by atoms with Crippen LogP contribution in [0.1, 0.15) is 33.6 Å². The molecule has 0 aromatic rings. The molecule has 2 atom stereocenters. The van der Waals surface area contributed by atoms with Crippen LogP contribution >= 0.6 is 0 Å². The minimum absolute atomic E-state index is 0.0677. The standard InChI is InChI=1S/C12H24O5/c1-5-11(15-4)12(14,7-8-16-6-2)9-17-10(3)13/h11,14H,5-9H2,1-4H3. The Labute approximate surface area is 103 Å². The van der Waals surface area contributed by atoms with Crippen molar-refractivity contribution in [3.63, 3.8) is 0 Å². The molecule has 5 heteroatoms. The van der Waals surface area contributed by atoms with Gasteiger partial charge in [-0.2, -0.15) is 0 Å². The molecule has 0 rings (SSSR count). The fourth-order valence-corrected chi connectivity index (χ4v) is 1.71. The molecule has 0 spiro atoms. The van der Waals surface area contributed by atoms with Crippen molar-refractivity contribution in [3.8, 4) is 0 Å². The van der Waals surface area contributed by atoms with Gasteiger partial charge in [-0.3, -0.25) is 4.79 Å². The summed E-state index contributed by atoms with van der Waals surface area (Å²) in [5.74, 6) is -0.411. The van der Waals surface area contributed by atoms with Gasteiger partial charge in [-0.15, -0.1) is 0 Å². The van der Waals surface area contributed by atoms with Crippen LogP contribution in [0.4, 0.5) is 0 Å². The first kappa shape index (κ1) is 16.4. The molecule has 1 N–H and O–H groups in total. The average Bonchev–Trinajstić information content (AvgIpc) is 2.28. The van der Waals surface area contributed by atoms with E-state index in [4.69, 9.17) is 14.2 Å². The van der Waals surface area contributed by atoms with E-state index < -0.39 is 11.6 Å². The summed E-state index contributed by atoms with van der Waals surface area (Å²) >= 11 is 0. The second-order valence-corrected chi connectivity index (χ2v) is 3.96. The Balaban J connectivity index is 4.48. The average molecular weight is 248 g/mol. The fourth-order valence-electron chi connectivity index (χ4n) is 1.71. The van der Waals surface area contributed by atoms with Gasteiger partial charge in [0.25, 0.3) is 0 Å². The predicted molar refractivity (Wildman–Crippen MR) is 63.8 cm³/mol. The van der Waals surface area contributed by atoms with Crippen molar-refractivity contribution in [1.29, 1.82) is 0 Å². The van der Waals surface area contributed by atoms with E-state index in [1.807, 2.05) is 13.8 Å². The van der Waals surface area contributed by atoms with Gasteiger partial charge in [-0.05, 0) is 13.3 Å². The maximum atomic E-state index is 10.8. The zero-order chi connectivity index (χ0) is 13.3. The minimum Gasteiger partial charge on any atom is -0.463 e. The molecule has 0 fully saturated rings. The van der Waals surface area contributed by atoms with E-state index in [0.717, 1.165) is 0 Å². The lowest BCUT2D eigenvalue weighted by molar-refractivity contribution is -0.166. The maximum absolute atomic E-state index is 10.8. The Morgan fingerprint density at radius 2 is 2.06 bits per heavy atom. The minimum atomic E-state index is -1.19. The number of hydrogen-bond donors (Lipinski definition) is 1. The van der Waals surface area contributed by atoms with Crippen LogP contribution in [0.5, 0.6) is 0 Å². The van der Waals surface area contributed by atoms with E-state index in [2.05, 4.69) is 0 Å². The number of esters is 1. The van der Waals surface area contributed by atoms with E-state index in [1.165, 1.54) is 14.0 Å². The van der Waals surface area contributed by atoms with E-state index in [0.29, 0.717) is 26.1 Å². The van der Waals surface area contributed by atoms with Crippen LogP contribution in [0.25, 0.3) is 0 Å². The highest BCUT2D eigenvalue weighted by molar-refractivity contribution is 5.65. The monoisotopic (exact) mass is 248 g/mol. The van der Waals surface area contributed by atoms with Crippen LogP contribution in [-0.2, 0) is 19.0 Å². The molecule has 0 aliphatic rings. The Bertz CT molecular complexity index is 215. The van der Waals surface area contributed by atoms with Gasteiger partial charge in [-0.1, -0.05) is 6.92 Å². The summed E-state index contributed by atoms with van der Waals surface area (Å²) in [5, 5.41) is 10.5. The van der Waals surface area contributed by atoms with Crippen LogP contribution in [-0.4, -0.2) is 49.7 Å². The largest absolute Gasteiger partial charge is 0.463 e. The van der Waals surface area contributed by atoms with Crippen LogP contribution in [0, 0.1) is 0 Å². The molecular weight excluding hydrogens is 224 g/mol. The summed E-state index contributed by atoms with van der Waals surface area (Å²) in [5.41, 5.74) is -1.19. The highest BCUT2D eigenvalue weighted by Gasteiger charge is 2.37. The van der Waals surface area contributed by atoms with Crippen LogP contribution in [0.3, 0.4) is 0 Å². The lowest BCUT2D eigenvalue weighted by Gasteiger charge is -2.34. The second kappa shape index (κ2) is 8.44. The molecule has 0 heterocycles. The molecule has 0 aliphatic heterocycles. The highest BCUT2D eigenvalue weighted by Crippen LogP contribution is 2.21. The van der Waals surface area contributed by atoms with E-state index in [9.17, 15) is 9.90 Å². The van der Waals surface area contributed by atoms with Gasteiger partial charge in [0.2, 0.25) is 0 Å². The Kier molecular flexibility index (Phi) is 8.12. The molecule has 102 valence electrons. The molecule has 2 unspecified atom stereocenters. The van der Waals surface area contributed by atoms with Crippen molar-refractivity contribution >= 4 is 5.97 Å². The Morgan fingerprint density at radius 1 is 1.41 bits per heavy atom. The number of ether oxygens (including phenoxy) is 3. The third-order valence-corrected chi connectivity index (χ3v) is 2.66. The highest BCUT2D eigenvalue weighted by atomic mass is 16.6. The summed E-state index contributed by atoms with van der Waals surface area (Å²) in [6, 6.07) is 0. The second-order valence-electron chi connectivity index (χ2n) is 3.96. The predicted octanol–water partition coefficient (Wildman–Crippen LogP) is 1.13. The smallest absolute Gasteiger partial charge is 0.302 e. The number of rotatable bonds is 9. The van der Waals surface area contributed by atoms with Gasteiger partial charge in [-0.25, -0.2) is 0 Å². The van der Waals surface area contributed by atoms with Crippen molar-refractivity contribution < 1.29 is 24.1 Å². The van der Waals surface area contributed by atoms with E-state index in [1.54, 1.807) is 0 Å². The van der Waals surface area contributed by atoms with E-state index >= 15 is 0 Å². The Hall–Kier alpha value is -0.650. The zero-order valence-electron chi connectivity index (χ0n) is 11.2. The molecule has 0 saturated carbocycles.